The molecule has 20 heavy (non-hydrogen) atoms. The van der Waals surface area contributed by atoms with Gasteiger partial charge in [-0.15, -0.1) is 0 Å². The molecule has 0 aliphatic carbocycles. The van der Waals surface area contributed by atoms with Crippen molar-refractivity contribution < 1.29 is 19.1 Å². The Kier molecular flexibility index (Phi) is 3.97. The molecule has 1 unspecified atom stereocenters. The third kappa shape index (κ3) is 2.76. The predicted molar refractivity (Wildman–Crippen MR) is 68.7 cm³/mol. The van der Waals surface area contributed by atoms with Gasteiger partial charge in [-0.05, 0) is 0 Å². The van der Waals surface area contributed by atoms with Gasteiger partial charge in [-0.3, -0.25) is 0 Å². The van der Waals surface area contributed by atoms with E-state index in [0.29, 0.717) is 17.5 Å². The SMILES string of the molecule is COC(=O)C1CC(c2nc(OC)nc(N(C)C)n2)=NO1. The van der Waals surface area contributed by atoms with Crippen LogP contribution in [0.5, 0.6) is 6.01 Å². The van der Waals surface area contributed by atoms with Gasteiger partial charge in [-0.1, -0.05) is 5.16 Å². The highest BCUT2D eigenvalue weighted by atomic mass is 16.7. The van der Waals surface area contributed by atoms with Crippen molar-refractivity contribution in [1.82, 2.24) is 15.0 Å². The van der Waals surface area contributed by atoms with Gasteiger partial charge < -0.3 is 19.2 Å². The molecule has 9 heteroatoms. The first-order valence-corrected chi connectivity index (χ1v) is 5.83. The van der Waals surface area contributed by atoms with Crippen molar-refractivity contribution in [2.45, 2.75) is 12.5 Å². The summed E-state index contributed by atoms with van der Waals surface area (Å²) in [5, 5.41) is 3.82. The molecule has 2 heterocycles. The third-order valence-corrected chi connectivity index (χ3v) is 2.58. The highest BCUT2D eigenvalue weighted by Gasteiger charge is 2.31. The maximum Gasteiger partial charge on any atom is 0.350 e. The molecule has 0 saturated heterocycles. The van der Waals surface area contributed by atoms with Crippen LogP contribution in [0.1, 0.15) is 12.2 Å². The van der Waals surface area contributed by atoms with Gasteiger partial charge in [0.25, 0.3) is 0 Å². The number of carbonyl (C=O) groups is 1. The van der Waals surface area contributed by atoms with Crippen LogP contribution >= 0.6 is 0 Å². The van der Waals surface area contributed by atoms with Gasteiger partial charge in [-0.2, -0.15) is 15.0 Å². The monoisotopic (exact) mass is 281 g/mol. The summed E-state index contributed by atoms with van der Waals surface area (Å²) in [5.41, 5.74) is 0.448. The molecule has 0 radical (unpaired) electrons. The van der Waals surface area contributed by atoms with Crippen molar-refractivity contribution in [2.75, 3.05) is 33.2 Å². The molecular formula is C11H15N5O4. The minimum atomic E-state index is -0.763. The first kappa shape index (κ1) is 14.0. The maximum absolute atomic E-state index is 11.4. The minimum Gasteiger partial charge on any atom is -0.467 e. The number of rotatable bonds is 4. The number of aromatic nitrogens is 3. The molecular weight excluding hydrogens is 266 g/mol. The van der Waals surface area contributed by atoms with Crippen LogP contribution in [0.4, 0.5) is 5.95 Å². The predicted octanol–water partition coefficient (Wildman–Crippen LogP) is -0.388. The van der Waals surface area contributed by atoms with Gasteiger partial charge in [0.1, 0.15) is 5.71 Å². The molecule has 1 aromatic rings. The van der Waals surface area contributed by atoms with E-state index in [2.05, 4.69) is 24.8 Å². The summed E-state index contributed by atoms with van der Waals surface area (Å²) in [6.45, 7) is 0. The number of nitrogens with zero attached hydrogens (tertiary/aromatic N) is 5. The van der Waals surface area contributed by atoms with Gasteiger partial charge in [-0.25, -0.2) is 4.79 Å². The van der Waals surface area contributed by atoms with Gasteiger partial charge >= 0.3 is 12.0 Å². The van der Waals surface area contributed by atoms with Gasteiger partial charge in [0.05, 0.1) is 14.2 Å². The van der Waals surface area contributed by atoms with Crippen molar-refractivity contribution in [3.05, 3.63) is 5.82 Å². The van der Waals surface area contributed by atoms with E-state index in [9.17, 15) is 4.79 Å². The Labute approximate surface area is 115 Å². The zero-order valence-electron chi connectivity index (χ0n) is 11.7. The van der Waals surface area contributed by atoms with Crippen LogP contribution in [0.15, 0.2) is 5.16 Å². The zero-order chi connectivity index (χ0) is 14.7. The molecule has 2 rings (SSSR count). The topological polar surface area (TPSA) is 99.0 Å². The van der Waals surface area contributed by atoms with Crippen molar-refractivity contribution in [3.8, 4) is 6.01 Å². The molecule has 1 atom stereocenters. The van der Waals surface area contributed by atoms with Crippen molar-refractivity contribution >= 4 is 17.6 Å². The normalized spacial score (nSPS) is 17.2. The fourth-order valence-electron chi connectivity index (χ4n) is 1.53. The molecule has 0 amide bonds. The quantitative estimate of drug-likeness (QED) is 0.688. The van der Waals surface area contributed by atoms with Crippen molar-refractivity contribution in [1.29, 1.82) is 0 Å². The van der Waals surface area contributed by atoms with Crippen LogP contribution in [-0.2, 0) is 14.4 Å². The zero-order valence-corrected chi connectivity index (χ0v) is 11.7. The molecule has 1 aliphatic heterocycles. The average molecular weight is 281 g/mol. The summed E-state index contributed by atoms with van der Waals surface area (Å²) >= 11 is 0. The van der Waals surface area contributed by atoms with Crippen molar-refractivity contribution in [2.24, 2.45) is 5.16 Å². The number of oxime groups is 1. The lowest BCUT2D eigenvalue weighted by atomic mass is 10.2. The summed E-state index contributed by atoms with van der Waals surface area (Å²) < 4.78 is 9.63. The van der Waals surface area contributed by atoms with Crippen LogP contribution in [0.2, 0.25) is 0 Å². The van der Waals surface area contributed by atoms with Gasteiger partial charge in [0.15, 0.2) is 5.82 Å². The molecule has 0 spiro atoms. The van der Waals surface area contributed by atoms with E-state index in [1.807, 2.05) is 0 Å². The van der Waals surface area contributed by atoms with Crippen LogP contribution < -0.4 is 9.64 Å². The van der Waals surface area contributed by atoms with E-state index < -0.39 is 12.1 Å². The highest BCUT2D eigenvalue weighted by molar-refractivity contribution is 6.01. The number of hydrogen-bond donors (Lipinski definition) is 0. The van der Waals surface area contributed by atoms with Crippen LogP contribution in [0.25, 0.3) is 0 Å². The Balaban J connectivity index is 2.25. The highest BCUT2D eigenvalue weighted by Crippen LogP contribution is 2.18. The van der Waals surface area contributed by atoms with E-state index in [1.54, 1.807) is 19.0 Å². The number of esters is 1. The molecule has 1 aliphatic rings. The molecule has 0 fully saturated rings. The largest absolute Gasteiger partial charge is 0.467 e. The van der Waals surface area contributed by atoms with Crippen LogP contribution in [0.3, 0.4) is 0 Å². The summed E-state index contributed by atoms with van der Waals surface area (Å²) in [6.07, 6.45) is -0.521. The molecule has 108 valence electrons. The Morgan fingerprint density at radius 1 is 1.30 bits per heavy atom. The van der Waals surface area contributed by atoms with E-state index >= 15 is 0 Å². The maximum atomic E-state index is 11.4. The fraction of sp³-hybridized carbons (Fsp3) is 0.545. The molecule has 0 bridgehead atoms. The second kappa shape index (κ2) is 5.68. The summed E-state index contributed by atoms with van der Waals surface area (Å²) in [6, 6.07) is 0.169. The van der Waals surface area contributed by atoms with E-state index in [0.717, 1.165) is 0 Å². The Bertz CT molecular complexity index is 546. The van der Waals surface area contributed by atoms with E-state index in [-0.39, 0.29) is 12.4 Å². The number of hydrogen-bond acceptors (Lipinski definition) is 9. The lowest BCUT2D eigenvalue weighted by Gasteiger charge is -2.11. The molecule has 0 aromatic carbocycles. The average Bonchev–Trinajstić information content (AvgIpc) is 2.95. The number of carbonyl (C=O) groups excluding carboxylic acids is 1. The van der Waals surface area contributed by atoms with Crippen molar-refractivity contribution in [3.63, 3.8) is 0 Å². The minimum absolute atomic E-state index is 0.169. The second-order valence-corrected chi connectivity index (χ2v) is 4.20. The lowest BCUT2D eigenvalue weighted by Crippen LogP contribution is -2.23. The number of methoxy groups -OCH3 is 2. The first-order valence-electron chi connectivity index (χ1n) is 5.83. The molecule has 0 N–H and O–H groups in total. The summed E-state index contributed by atoms with van der Waals surface area (Å²) in [4.78, 5) is 30.5. The van der Waals surface area contributed by atoms with E-state index in [4.69, 9.17) is 9.57 Å². The molecule has 0 saturated carbocycles. The molecule has 9 nitrogen and oxygen atoms in total. The lowest BCUT2D eigenvalue weighted by molar-refractivity contribution is -0.152. The van der Waals surface area contributed by atoms with Gasteiger partial charge in [0, 0.05) is 20.5 Å². The van der Waals surface area contributed by atoms with E-state index in [1.165, 1.54) is 14.2 Å². The summed E-state index contributed by atoms with van der Waals surface area (Å²) in [5.74, 6) is 0.251. The molecule has 1 aromatic heterocycles. The fourth-order valence-corrected chi connectivity index (χ4v) is 1.53. The standard InChI is InChI=1S/C11H15N5O4/c1-16(2)10-12-8(13-11(14-10)19-4)6-5-7(20-15-6)9(17)18-3/h7H,5H2,1-4H3. The summed E-state index contributed by atoms with van der Waals surface area (Å²) in [7, 11) is 6.34. The van der Waals surface area contributed by atoms with Gasteiger partial charge in [0.2, 0.25) is 12.1 Å². The Morgan fingerprint density at radius 3 is 2.65 bits per heavy atom. The second-order valence-electron chi connectivity index (χ2n) is 4.20. The van der Waals surface area contributed by atoms with Crippen LogP contribution in [0, 0.1) is 0 Å². The number of anilines is 1. The first-order chi connectivity index (χ1) is 9.55. The third-order valence-electron chi connectivity index (χ3n) is 2.58. The Hall–Kier alpha value is -2.45. The number of ether oxygens (including phenoxy) is 2. The van der Waals surface area contributed by atoms with Crippen LogP contribution in [-0.4, -0.2) is 61.1 Å². The Morgan fingerprint density at radius 2 is 2.05 bits per heavy atom. The smallest absolute Gasteiger partial charge is 0.350 e.